The molecular weight excluding hydrogens is 314 g/mol. The largest absolute Gasteiger partial charge is 0.270 e. The van der Waals surface area contributed by atoms with Crippen LogP contribution in [-0.4, -0.2) is 0 Å². The molecule has 0 saturated heterocycles. The van der Waals surface area contributed by atoms with E-state index in [0.29, 0.717) is 11.5 Å². The molecule has 0 atom stereocenters. The van der Waals surface area contributed by atoms with Crippen molar-refractivity contribution in [2.45, 2.75) is 77.0 Å². The summed E-state index contributed by atoms with van der Waals surface area (Å²) in [6, 6.07) is 7.76. The van der Waals surface area contributed by atoms with Gasteiger partial charge in [-0.2, -0.15) is 8.78 Å². The summed E-state index contributed by atoms with van der Waals surface area (Å²) in [6.45, 7) is 2.31. The highest BCUT2D eigenvalue weighted by Crippen LogP contribution is 2.44. The van der Waals surface area contributed by atoms with Crippen LogP contribution in [0.1, 0.15) is 88.2 Å². The minimum atomic E-state index is -1.62. The lowest BCUT2D eigenvalue weighted by atomic mass is 9.68. The molecule has 0 aliphatic heterocycles. The Morgan fingerprint density at radius 1 is 0.880 bits per heavy atom. The minimum absolute atomic E-state index is 0.598. The normalized spacial score (nSPS) is 30.0. The fourth-order valence-corrected chi connectivity index (χ4v) is 5.27. The van der Waals surface area contributed by atoms with Crippen molar-refractivity contribution in [2.75, 3.05) is 0 Å². The van der Waals surface area contributed by atoms with Gasteiger partial charge in [0.1, 0.15) is 0 Å². The zero-order chi connectivity index (χ0) is 17.6. The molecule has 0 amide bonds. The Hall–Kier alpha value is -1.18. The van der Waals surface area contributed by atoms with Crippen LogP contribution in [0.5, 0.6) is 0 Å². The summed E-state index contributed by atoms with van der Waals surface area (Å²) in [5.41, 5.74) is 1.93. The van der Waals surface area contributed by atoms with Gasteiger partial charge in [-0.05, 0) is 73.3 Å². The third kappa shape index (κ3) is 5.15. The minimum Gasteiger partial charge on any atom is -0.173 e. The van der Waals surface area contributed by atoms with Crippen LogP contribution in [-0.2, 0) is 0 Å². The second-order valence-electron chi connectivity index (χ2n) is 8.28. The fourth-order valence-electron chi connectivity index (χ4n) is 5.27. The Kier molecular flexibility index (Phi) is 6.67. The molecule has 3 rings (SSSR count). The lowest BCUT2D eigenvalue weighted by Gasteiger charge is -2.38. The summed E-state index contributed by atoms with van der Waals surface area (Å²) < 4.78 is 24.6. The molecule has 2 fully saturated rings. The highest BCUT2D eigenvalue weighted by molar-refractivity contribution is 5.50. The molecule has 2 aliphatic rings. The van der Waals surface area contributed by atoms with E-state index < -0.39 is 6.08 Å². The molecule has 0 aromatic heterocycles. The van der Waals surface area contributed by atoms with E-state index in [-0.39, 0.29) is 0 Å². The van der Waals surface area contributed by atoms with E-state index in [4.69, 9.17) is 0 Å². The SMILES string of the molecule is CCCC1CCC(C2CCC(c3ccc(C=C(F)F)cc3)CC2)CC1. The Morgan fingerprint density at radius 3 is 1.96 bits per heavy atom. The molecule has 0 heterocycles. The highest BCUT2D eigenvalue weighted by Gasteiger charge is 2.30. The smallest absolute Gasteiger partial charge is 0.173 e. The van der Waals surface area contributed by atoms with Crippen LogP contribution in [0.3, 0.4) is 0 Å². The number of hydrogen-bond acceptors (Lipinski definition) is 0. The summed E-state index contributed by atoms with van der Waals surface area (Å²) in [5.74, 6) is 3.52. The maximum Gasteiger partial charge on any atom is 0.270 e. The summed E-state index contributed by atoms with van der Waals surface area (Å²) in [5, 5.41) is 0. The van der Waals surface area contributed by atoms with Gasteiger partial charge < -0.3 is 0 Å². The third-order valence-corrected chi connectivity index (χ3v) is 6.71. The van der Waals surface area contributed by atoms with E-state index in [1.54, 1.807) is 0 Å². The van der Waals surface area contributed by atoms with Gasteiger partial charge in [0.15, 0.2) is 0 Å². The molecule has 25 heavy (non-hydrogen) atoms. The van der Waals surface area contributed by atoms with E-state index in [2.05, 4.69) is 19.1 Å². The second kappa shape index (κ2) is 8.96. The van der Waals surface area contributed by atoms with E-state index in [0.717, 1.165) is 23.8 Å². The summed E-state index contributed by atoms with van der Waals surface area (Å²) in [4.78, 5) is 0. The van der Waals surface area contributed by atoms with E-state index >= 15 is 0 Å². The quantitative estimate of drug-likeness (QED) is 0.510. The zero-order valence-corrected chi connectivity index (χ0v) is 15.5. The van der Waals surface area contributed by atoms with Crippen molar-refractivity contribution in [3.8, 4) is 0 Å². The van der Waals surface area contributed by atoms with Crippen LogP contribution >= 0.6 is 0 Å². The monoisotopic (exact) mass is 346 g/mol. The zero-order valence-electron chi connectivity index (χ0n) is 15.5. The van der Waals surface area contributed by atoms with Crippen molar-refractivity contribution in [3.05, 3.63) is 41.5 Å². The lowest BCUT2D eigenvalue weighted by Crippen LogP contribution is -2.25. The molecule has 2 aliphatic carbocycles. The van der Waals surface area contributed by atoms with Crippen LogP contribution in [0.2, 0.25) is 0 Å². The first-order valence-corrected chi connectivity index (χ1v) is 10.3. The van der Waals surface area contributed by atoms with Gasteiger partial charge in [0.05, 0.1) is 0 Å². The van der Waals surface area contributed by atoms with Crippen molar-refractivity contribution >= 4 is 6.08 Å². The van der Waals surface area contributed by atoms with Gasteiger partial charge in [0.25, 0.3) is 6.08 Å². The van der Waals surface area contributed by atoms with E-state index in [9.17, 15) is 8.78 Å². The first kappa shape index (κ1) is 18.6. The van der Waals surface area contributed by atoms with Gasteiger partial charge >= 0.3 is 0 Å². The maximum absolute atomic E-state index is 12.3. The molecule has 0 radical (unpaired) electrons. The van der Waals surface area contributed by atoms with Gasteiger partial charge in [0.2, 0.25) is 0 Å². The molecule has 1 aromatic rings. The van der Waals surface area contributed by atoms with Gasteiger partial charge in [-0.15, -0.1) is 0 Å². The topological polar surface area (TPSA) is 0 Å². The van der Waals surface area contributed by atoms with Gasteiger partial charge in [0, 0.05) is 6.08 Å². The molecule has 0 unspecified atom stereocenters. The van der Waals surface area contributed by atoms with Crippen LogP contribution < -0.4 is 0 Å². The fraction of sp³-hybridized carbons (Fsp3) is 0.652. The average molecular weight is 347 g/mol. The van der Waals surface area contributed by atoms with Crippen molar-refractivity contribution in [3.63, 3.8) is 0 Å². The Morgan fingerprint density at radius 2 is 1.44 bits per heavy atom. The predicted octanol–water partition coefficient (Wildman–Crippen LogP) is 7.80. The molecule has 0 N–H and O–H groups in total. The van der Waals surface area contributed by atoms with Crippen molar-refractivity contribution < 1.29 is 8.78 Å². The van der Waals surface area contributed by atoms with Crippen LogP contribution in [0.4, 0.5) is 8.78 Å². The third-order valence-electron chi connectivity index (χ3n) is 6.71. The number of rotatable bonds is 5. The first-order chi connectivity index (χ1) is 12.2. The molecule has 0 spiro atoms. The maximum atomic E-state index is 12.3. The van der Waals surface area contributed by atoms with Crippen LogP contribution in [0.15, 0.2) is 30.3 Å². The Balaban J connectivity index is 1.48. The van der Waals surface area contributed by atoms with Crippen molar-refractivity contribution in [1.29, 1.82) is 0 Å². The molecule has 2 heteroatoms. The van der Waals surface area contributed by atoms with E-state index in [1.165, 1.54) is 69.8 Å². The molecule has 1 aromatic carbocycles. The lowest BCUT2D eigenvalue weighted by molar-refractivity contribution is 0.156. The Labute approximate surface area is 151 Å². The number of benzene rings is 1. The molecular formula is C23H32F2. The van der Waals surface area contributed by atoms with Crippen molar-refractivity contribution in [1.82, 2.24) is 0 Å². The predicted molar refractivity (Wildman–Crippen MR) is 102 cm³/mol. The van der Waals surface area contributed by atoms with Crippen LogP contribution in [0, 0.1) is 17.8 Å². The first-order valence-electron chi connectivity index (χ1n) is 10.3. The summed E-state index contributed by atoms with van der Waals surface area (Å²) in [7, 11) is 0. The van der Waals surface area contributed by atoms with Gasteiger partial charge in [-0.25, -0.2) is 0 Å². The second-order valence-corrected chi connectivity index (χ2v) is 8.28. The number of halogens is 2. The molecule has 0 bridgehead atoms. The highest BCUT2D eigenvalue weighted by atomic mass is 19.3. The van der Waals surface area contributed by atoms with Crippen LogP contribution in [0.25, 0.3) is 6.08 Å². The van der Waals surface area contributed by atoms with Gasteiger partial charge in [-0.3, -0.25) is 0 Å². The summed E-state index contributed by atoms with van der Waals surface area (Å²) >= 11 is 0. The number of hydrogen-bond donors (Lipinski definition) is 0. The Bertz CT molecular complexity index is 540. The standard InChI is InChI=1S/C23H32F2/c1-2-3-17-4-8-19(9-5-17)21-12-14-22(15-13-21)20-10-6-18(7-11-20)16-23(24)25/h6-7,10-11,16-17,19,21-22H,2-5,8-9,12-15H2,1H3. The van der Waals surface area contributed by atoms with Crippen molar-refractivity contribution in [2.24, 2.45) is 17.8 Å². The van der Waals surface area contributed by atoms with Gasteiger partial charge in [-0.1, -0.05) is 56.9 Å². The molecule has 2 saturated carbocycles. The summed E-state index contributed by atoms with van der Waals surface area (Å²) in [6.07, 6.45) is 13.2. The molecule has 138 valence electrons. The molecule has 0 nitrogen and oxygen atoms in total. The average Bonchev–Trinajstić information content (AvgIpc) is 2.63. The van der Waals surface area contributed by atoms with E-state index in [1.807, 2.05) is 12.1 Å².